The van der Waals surface area contributed by atoms with Crippen molar-refractivity contribution in [2.45, 2.75) is 31.3 Å². The molecule has 8 nitrogen and oxygen atoms in total. The number of hydrogen-bond acceptors (Lipinski definition) is 8. The fourth-order valence-corrected chi connectivity index (χ4v) is 6.02. The van der Waals surface area contributed by atoms with Crippen LogP contribution in [0.15, 0.2) is 30.6 Å². The van der Waals surface area contributed by atoms with Gasteiger partial charge in [-0.3, -0.25) is 4.79 Å². The van der Waals surface area contributed by atoms with E-state index in [2.05, 4.69) is 37.6 Å². The number of β-amino-alcohol motifs (C(OH)–C–C–N with tert-alkyl or cyclic N) is 1. The molecule has 1 amide bonds. The third-order valence-corrected chi connectivity index (χ3v) is 8.10. The molecule has 0 unspecified atom stereocenters. The lowest BCUT2D eigenvalue weighted by atomic mass is 9.78. The Kier molecular flexibility index (Phi) is 5.40. The highest BCUT2D eigenvalue weighted by molar-refractivity contribution is 7.21. The number of nitrogens with zero attached hydrogens (tertiary/aromatic N) is 4. The number of carbonyl (C=O) groups excluding carboxylic acids is 1. The van der Waals surface area contributed by atoms with Crippen molar-refractivity contribution in [2.75, 3.05) is 49.5 Å². The molecule has 3 aliphatic rings. The quantitative estimate of drug-likeness (QED) is 0.535. The Balaban J connectivity index is 1.26. The summed E-state index contributed by atoms with van der Waals surface area (Å²) in [5.74, 6) is 1.97. The SMILES string of the molecule is O=C(c1sc2cnc(Nc3ccc(N4CCNCC4)cn3)cc2c1C1CCC1)N1CC(O)C1. The fraction of sp³-hybridized carbons (Fsp3) is 0.458. The van der Waals surface area contributed by atoms with Crippen LogP contribution < -0.4 is 15.5 Å². The van der Waals surface area contributed by atoms with Gasteiger partial charge >= 0.3 is 0 Å². The molecule has 1 aliphatic carbocycles. The smallest absolute Gasteiger partial charge is 0.264 e. The molecule has 3 N–H and O–H groups in total. The van der Waals surface area contributed by atoms with Gasteiger partial charge in [-0.1, -0.05) is 6.42 Å². The van der Waals surface area contributed by atoms with Gasteiger partial charge in [0.2, 0.25) is 0 Å². The summed E-state index contributed by atoms with van der Waals surface area (Å²) < 4.78 is 1.04. The molecule has 33 heavy (non-hydrogen) atoms. The number of aliphatic hydroxyl groups is 1. The minimum atomic E-state index is -0.390. The number of aliphatic hydroxyl groups excluding tert-OH is 1. The maximum atomic E-state index is 13.1. The van der Waals surface area contributed by atoms with Crippen molar-refractivity contribution < 1.29 is 9.90 Å². The van der Waals surface area contributed by atoms with E-state index in [-0.39, 0.29) is 5.91 Å². The molecule has 0 bridgehead atoms. The number of nitrogens with one attached hydrogen (secondary N) is 2. The number of rotatable bonds is 5. The number of amides is 1. The minimum absolute atomic E-state index is 0.0445. The molecule has 0 radical (unpaired) electrons. The van der Waals surface area contributed by atoms with E-state index in [0.717, 1.165) is 71.3 Å². The minimum Gasteiger partial charge on any atom is -0.389 e. The predicted molar refractivity (Wildman–Crippen MR) is 131 cm³/mol. The summed E-state index contributed by atoms with van der Waals surface area (Å²) >= 11 is 1.53. The average molecular weight is 465 g/mol. The molecule has 6 rings (SSSR count). The van der Waals surface area contributed by atoms with Crippen LogP contribution in [-0.2, 0) is 0 Å². The molecule has 0 atom stereocenters. The van der Waals surface area contributed by atoms with E-state index in [1.165, 1.54) is 23.3 Å². The van der Waals surface area contributed by atoms with E-state index < -0.39 is 6.10 Å². The van der Waals surface area contributed by atoms with Gasteiger partial charge in [0.1, 0.15) is 11.6 Å². The van der Waals surface area contributed by atoms with Crippen molar-refractivity contribution in [3.8, 4) is 0 Å². The average Bonchev–Trinajstić information content (AvgIpc) is 3.15. The van der Waals surface area contributed by atoms with Gasteiger partial charge in [0.05, 0.1) is 27.6 Å². The Bertz CT molecular complexity index is 1160. The summed E-state index contributed by atoms with van der Waals surface area (Å²) in [4.78, 5) is 27.2. The summed E-state index contributed by atoms with van der Waals surface area (Å²) in [6, 6.07) is 6.16. The van der Waals surface area contributed by atoms with Crippen LogP contribution >= 0.6 is 11.3 Å². The van der Waals surface area contributed by atoms with Crippen LogP contribution in [0.4, 0.5) is 17.3 Å². The number of pyridine rings is 2. The van der Waals surface area contributed by atoms with Gasteiger partial charge in [-0.05, 0) is 42.5 Å². The zero-order valence-electron chi connectivity index (χ0n) is 18.5. The molecular weight excluding hydrogens is 436 g/mol. The highest BCUT2D eigenvalue weighted by atomic mass is 32.1. The van der Waals surface area contributed by atoms with Crippen molar-refractivity contribution in [3.05, 3.63) is 41.0 Å². The zero-order chi connectivity index (χ0) is 22.4. The number of aromatic nitrogens is 2. The van der Waals surface area contributed by atoms with Crippen molar-refractivity contribution in [1.29, 1.82) is 0 Å². The van der Waals surface area contributed by atoms with Crippen molar-refractivity contribution >= 4 is 44.7 Å². The summed E-state index contributed by atoms with van der Waals surface area (Å²) in [7, 11) is 0. The maximum Gasteiger partial charge on any atom is 0.264 e. The number of thiophene rings is 1. The van der Waals surface area contributed by atoms with Gasteiger partial charge in [0, 0.05) is 50.9 Å². The predicted octanol–water partition coefficient (Wildman–Crippen LogP) is 2.93. The van der Waals surface area contributed by atoms with Crippen LogP contribution in [0.2, 0.25) is 0 Å². The van der Waals surface area contributed by atoms with Gasteiger partial charge in [0.15, 0.2) is 0 Å². The Labute approximate surface area is 196 Å². The lowest BCUT2D eigenvalue weighted by molar-refractivity contribution is 0.00611. The van der Waals surface area contributed by atoms with E-state index in [9.17, 15) is 9.90 Å². The molecular formula is C24H28N6O2S. The van der Waals surface area contributed by atoms with Crippen LogP contribution in [0.1, 0.15) is 40.4 Å². The maximum absolute atomic E-state index is 13.1. The van der Waals surface area contributed by atoms with Crippen LogP contribution in [0.5, 0.6) is 0 Å². The Morgan fingerprint density at radius 2 is 1.91 bits per heavy atom. The van der Waals surface area contributed by atoms with E-state index >= 15 is 0 Å². The molecule has 5 heterocycles. The topological polar surface area (TPSA) is 93.6 Å². The molecule has 0 spiro atoms. The highest BCUT2D eigenvalue weighted by Gasteiger charge is 2.35. The molecule has 3 aromatic rings. The summed E-state index contributed by atoms with van der Waals surface area (Å²) in [6.07, 6.45) is 6.83. The number of likely N-dealkylation sites (tertiary alicyclic amines) is 1. The third kappa shape index (κ3) is 3.94. The molecule has 0 aromatic carbocycles. The number of carbonyl (C=O) groups is 1. The standard InChI is InChI=1S/C24H28N6O2S/c31-17-13-30(14-17)24(32)23-22(15-2-1-3-15)18-10-21(27-12-19(18)33-23)28-20-5-4-16(11-26-20)29-8-6-25-7-9-29/h4-5,10-12,15,17,25,31H,1-3,6-9,13-14H2,(H,26,27,28). The van der Waals surface area contributed by atoms with E-state index in [0.29, 0.717) is 19.0 Å². The van der Waals surface area contributed by atoms with Gasteiger partial charge in [-0.25, -0.2) is 9.97 Å². The monoisotopic (exact) mass is 464 g/mol. The first kappa shape index (κ1) is 20.8. The van der Waals surface area contributed by atoms with Crippen molar-refractivity contribution in [1.82, 2.24) is 20.2 Å². The second-order valence-corrected chi connectivity index (χ2v) is 10.2. The number of anilines is 3. The van der Waals surface area contributed by atoms with Crippen LogP contribution in [0.3, 0.4) is 0 Å². The first-order chi connectivity index (χ1) is 16.2. The second-order valence-electron chi connectivity index (χ2n) is 9.17. The molecule has 2 saturated heterocycles. The Morgan fingerprint density at radius 3 is 2.58 bits per heavy atom. The molecule has 3 aromatic heterocycles. The van der Waals surface area contributed by atoms with Gasteiger partial charge in [-0.15, -0.1) is 11.3 Å². The first-order valence-corrected chi connectivity index (χ1v) is 12.6. The van der Waals surface area contributed by atoms with Crippen LogP contribution in [0, 0.1) is 0 Å². The van der Waals surface area contributed by atoms with Gasteiger partial charge < -0.3 is 25.5 Å². The van der Waals surface area contributed by atoms with Crippen molar-refractivity contribution in [3.63, 3.8) is 0 Å². The van der Waals surface area contributed by atoms with E-state index in [4.69, 9.17) is 0 Å². The van der Waals surface area contributed by atoms with Crippen molar-refractivity contribution in [2.24, 2.45) is 0 Å². The molecule has 3 fully saturated rings. The van der Waals surface area contributed by atoms with E-state index in [1.807, 2.05) is 18.5 Å². The summed E-state index contributed by atoms with van der Waals surface area (Å²) in [6.45, 7) is 4.83. The molecule has 172 valence electrons. The Morgan fingerprint density at radius 1 is 1.12 bits per heavy atom. The second kappa shape index (κ2) is 8.55. The van der Waals surface area contributed by atoms with Gasteiger partial charge in [-0.2, -0.15) is 0 Å². The molecule has 1 saturated carbocycles. The number of fused-ring (bicyclic) bond motifs is 1. The largest absolute Gasteiger partial charge is 0.389 e. The lowest BCUT2D eigenvalue weighted by Gasteiger charge is -2.36. The number of hydrogen-bond donors (Lipinski definition) is 3. The molecule has 9 heteroatoms. The molecule has 2 aliphatic heterocycles. The first-order valence-electron chi connectivity index (χ1n) is 11.7. The van der Waals surface area contributed by atoms with E-state index in [1.54, 1.807) is 4.90 Å². The fourth-order valence-electron chi connectivity index (χ4n) is 4.82. The highest BCUT2D eigenvalue weighted by Crippen LogP contribution is 2.46. The normalized spacial score (nSPS) is 19.4. The number of piperazine rings is 1. The third-order valence-electron chi connectivity index (χ3n) is 6.96. The van der Waals surface area contributed by atoms with Gasteiger partial charge in [0.25, 0.3) is 5.91 Å². The zero-order valence-corrected chi connectivity index (χ0v) is 19.3. The van der Waals surface area contributed by atoms with Crippen LogP contribution in [-0.4, -0.2) is 71.3 Å². The summed E-state index contributed by atoms with van der Waals surface area (Å²) in [5.41, 5.74) is 2.30. The van der Waals surface area contributed by atoms with Crippen LogP contribution in [0.25, 0.3) is 10.1 Å². The lowest BCUT2D eigenvalue weighted by Crippen LogP contribution is -2.53. The Hall–Kier alpha value is -2.75. The summed E-state index contributed by atoms with van der Waals surface area (Å²) in [5, 5.41) is 17.5.